The summed E-state index contributed by atoms with van der Waals surface area (Å²) in [5.41, 5.74) is 1.78. The van der Waals surface area contributed by atoms with Crippen LogP contribution in [0.3, 0.4) is 0 Å². The molecule has 0 aliphatic heterocycles. The number of para-hydroxylation sites is 2. The highest BCUT2D eigenvalue weighted by molar-refractivity contribution is 5.93. The summed E-state index contributed by atoms with van der Waals surface area (Å²) in [6.45, 7) is 3.58. The number of aromatic nitrogens is 5. The van der Waals surface area contributed by atoms with Gasteiger partial charge in [-0.3, -0.25) is 15.2 Å². The largest absolute Gasteiger partial charge is 0.318 e. The number of rotatable bonds is 3. The van der Waals surface area contributed by atoms with E-state index in [1.54, 1.807) is 13.3 Å². The number of H-pyrrole nitrogens is 1. The third-order valence-electron chi connectivity index (χ3n) is 3.11. The average molecular weight is 270 g/mol. The second-order valence-electron chi connectivity index (χ2n) is 4.55. The lowest BCUT2D eigenvalue weighted by molar-refractivity contribution is -0.118. The number of hydrogen-bond acceptors (Lipinski definition) is 4. The maximum atomic E-state index is 12.2. The first-order valence-corrected chi connectivity index (χ1v) is 6.26. The van der Waals surface area contributed by atoms with Gasteiger partial charge in [-0.15, -0.1) is 5.10 Å². The molecule has 7 heteroatoms. The lowest BCUT2D eigenvalue weighted by atomic mass is 10.2. The Bertz CT molecular complexity index is 759. The van der Waals surface area contributed by atoms with Crippen molar-refractivity contribution < 1.29 is 4.79 Å². The molecule has 0 radical (unpaired) electrons. The Morgan fingerprint density at radius 3 is 2.95 bits per heavy atom. The molecular formula is C13H14N6O. The van der Waals surface area contributed by atoms with Gasteiger partial charge < -0.3 is 4.57 Å². The number of imidazole rings is 1. The molecule has 1 aromatic carbocycles. The topological polar surface area (TPSA) is 88.5 Å². The summed E-state index contributed by atoms with van der Waals surface area (Å²) in [6, 6.07) is 7.28. The van der Waals surface area contributed by atoms with Gasteiger partial charge in [-0.25, -0.2) is 4.98 Å². The number of carbonyl (C=O) groups excluding carboxylic acids is 1. The molecular weight excluding hydrogens is 256 g/mol. The standard InChI is InChI=1S/C13H14N6O/c1-8(12(20)16-13-15-9(2)17-18-13)19-7-14-10-5-3-4-6-11(10)19/h3-8H,1-2H3,(H2,15,16,17,18,20). The number of benzene rings is 1. The van der Waals surface area contributed by atoms with E-state index in [0.29, 0.717) is 5.82 Å². The van der Waals surface area contributed by atoms with Crippen LogP contribution < -0.4 is 5.32 Å². The summed E-state index contributed by atoms with van der Waals surface area (Å²) in [6.07, 6.45) is 1.66. The predicted molar refractivity (Wildman–Crippen MR) is 74.2 cm³/mol. The quantitative estimate of drug-likeness (QED) is 0.757. The summed E-state index contributed by atoms with van der Waals surface area (Å²) in [4.78, 5) is 20.5. The number of hydrogen-bond donors (Lipinski definition) is 2. The molecule has 0 aliphatic rings. The van der Waals surface area contributed by atoms with Crippen LogP contribution in [0.5, 0.6) is 0 Å². The third-order valence-corrected chi connectivity index (χ3v) is 3.11. The van der Waals surface area contributed by atoms with Gasteiger partial charge in [0, 0.05) is 0 Å². The molecule has 1 amide bonds. The van der Waals surface area contributed by atoms with E-state index in [0.717, 1.165) is 11.0 Å². The van der Waals surface area contributed by atoms with Crippen LogP contribution in [0.25, 0.3) is 11.0 Å². The smallest absolute Gasteiger partial charge is 0.249 e. The monoisotopic (exact) mass is 270 g/mol. The fourth-order valence-electron chi connectivity index (χ4n) is 2.03. The number of aromatic amines is 1. The highest BCUT2D eigenvalue weighted by Gasteiger charge is 2.18. The van der Waals surface area contributed by atoms with Crippen molar-refractivity contribution in [1.82, 2.24) is 24.7 Å². The Labute approximate surface area is 115 Å². The molecule has 1 unspecified atom stereocenters. The van der Waals surface area contributed by atoms with Crippen LogP contribution in [0.15, 0.2) is 30.6 Å². The SMILES string of the molecule is Cc1nc(NC(=O)C(C)n2cnc3ccccc32)n[nH]1. The molecule has 0 aliphatic carbocycles. The molecule has 2 N–H and O–H groups in total. The van der Waals surface area contributed by atoms with Crippen LogP contribution in [0.4, 0.5) is 5.95 Å². The Kier molecular flexibility index (Phi) is 2.94. The molecule has 7 nitrogen and oxygen atoms in total. The van der Waals surface area contributed by atoms with Crippen LogP contribution in [-0.2, 0) is 4.79 Å². The molecule has 0 fully saturated rings. The van der Waals surface area contributed by atoms with Crippen molar-refractivity contribution in [2.24, 2.45) is 0 Å². The number of nitrogens with one attached hydrogen (secondary N) is 2. The Balaban J connectivity index is 1.84. The summed E-state index contributed by atoms with van der Waals surface area (Å²) in [5, 5.41) is 9.25. The van der Waals surface area contributed by atoms with E-state index in [-0.39, 0.29) is 11.9 Å². The van der Waals surface area contributed by atoms with E-state index in [1.807, 2.05) is 35.8 Å². The van der Waals surface area contributed by atoms with Gasteiger partial charge in [-0.05, 0) is 26.0 Å². The normalized spacial score (nSPS) is 12.5. The molecule has 0 bridgehead atoms. The summed E-state index contributed by atoms with van der Waals surface area (Å²) in [5.74, 6) is 0.747. The Hall–Kier alpha value is -2.70. The maximum absolute atomic E-state index is 12.2. The minimum atomic E-state index is -0.402. The zero-order valence-corrected chi connectivity index (χ0v) is 11.2. The number of fused-ring (bicyclic) bond motifs is 1. The Morgan fingerprint density at radius 1 is 1.40 bits per heavy atom. The lowest BCUT2D eigenvalue weighted by Gasteiger charge is -2.12. The number of amides is 1. The van der Waals surface area contributed by atoms with Gasteiger partial charge >= 0.3 is 0 Å². The van der Waals surface area contributed by atoms with Crippen molar-refractivity contribution >= 4 is 22.9 Å². The first kappa shape index (κ1) is 12.3. The van der Waals surface area contributed by atoms with E-state index in [4.69, 9.17) is 0 Å². The van der Waals surface area contributed by atoms with E-state index >= 15 is 0 Å². The van der Waals surface area contributed by atoms with Gasteiger partial charge in [0.05, 0.1) is 17.4 Å². The molecule has 0 saturated carbocycles. The number of aryl methyl sites for hydroxylation is 1. The second-order valence-corrected chi connectivity index (χ2v) is 4.55. The molecule has 0 saturated heterocycles. The van der Waals surface area contributed by atoms with Crippen LogP contribution >= 0.6 is 0 Å². The average Bonchev–Trinajstić information content (AvgIpc) is 3.04. The molecule has 0 spiro atoms. The van der Waals surface area contributed by atoms with E-state index in [1.165, 1.54) is 0 Å². The summed E-state index contributed by atoms with van der Waals surface area (Å²) < 4.78 is 1.82. The fourth-order valence-corrected chi connectivity index (χ4v) is 2.03. The van der Waals surface area contributed by atoms with Crippen LogP contribution in [0, 0.1) is 6.92 Å². The lowest BCUT2D eigenvalue weighted by Crippen LogP contribution is -2.23. The highest BCUT2D eigenvalue weighted by atomic mass is 16.2. The van der Waals surface area contributed by atoms with Crippen molar-refractivity contribution in [2.45, 2.75) is 19.9 Å². The summed E-state index contributed by atoms with van der Waals surface area (Å²) in [7, 11) is 0. The first-order chi connectivity index (χ1) is 9.65. The zero-order valence-electron chi connectivity index (χ0n) is 11.2. The maximum Gasteiger partial charge on any atom is 0.249 e. The third kappa shape index (κ3) is 2.13. The van der Waals surface area contributed by atoms with E-state index < -0.39 is 6.04 Å². The van der Waals surface area contributed by atoms with E-state index in [9.17, 15) is 4.79 Å². The number of anilines is 1. The molecule has 1 atom stereocenters. The van der Waals surface area contributed by atoms with Gasteiger partial charge in [0.25, 0.3) is 0 Å². The molecule has 3 aromatic rings. The molecule has 20 heavy (non-hydrogen) atoms. The number of carbonyl (C=O) groups is 1. The van der Waals surface area contributed by atoms with Gasteiger partial charge in [0.15, 0.2) is 0 Å². The second kappa shape index (κ2) is 4.76. The van der Waals surface area contributed by atoms with Crippen molar-refractivity contribution in [3.05, 3.63) is 36.4 Å². The minimum absolute atomic E-state index is 0.188. The molecule has 2 aromatic heterocycles. The van der Waals surface area contributed by atoms with Crippen LogP contribution in [0.1, 0.15) is 18.8 Å². The van der Waals surface area contributed by atoms with Crippen molar-refractivity contribution in [2.75, 3.05) is 5.32 Å². The van der Waals surface area contributed by atoms with Crippen molar-refractivity contribution in [3.63, 3.8) is 0 Å². The van der Waals surface area contributed by atoms with E-state index in [2.05, 4.69) is 25.5 Å². The van der Waals surface area contributed by atoms with Crippen molar-refractivity contribution in [1.29, 1.82) is 0 Å². The first-order valence-electron chi connectivity index (χ1n) is 6.26. The molecule has 2 heterocycles. The fraction of sp³-hybridized carbons (Fsp3) is 0.231. The molecule has 102 valence electrons. The van der Waals surface area contributed by atoms with Gasteiger partial charge in [0.2, 0.25) is 11.9 Å². The number of nitrogens with zero attached hydrogens (tertiary/aromatic N) is 4. The predicted octanol–water partition coefficient (Wildman–Crippen LogP) is 1.66. The highest BCUT2D eigenvalue weighted by Crippen LogP contribution is 2.18. The van der Waals surface area contributed by atoms with Crippen LogP contribution in [0.2, 0.25) is 0 Å². The van der Waals surface area contributed by atoms with Gasteiger partial charge in [-0.2, -0.15) is 4.98 Å². The van der Waals surface area contributed by atoms with Crippen LogP contribution in [-0.4, -0.2) is 30.6 Å². The minimum Gasteiger partial charge on any atom is -0.318 e. The van der Waals surface area contributed by atoms with Crippen molar-refractivity contribution in [3.8, 4) is 0 Å². The molecule has 3 rings (SSSR count). The Morgan fingerprint density at radius 2 is 2.20 bits per heavy atom. The van der Waals surface area contributed by atoms with Gasteiger partial charge in [-0.1, -0.05) is 12.1 Å². The van der Waals surface area contributed by atoms with Gasteiger partial charge in [0.1, 0.15) is 11.9 Å². The zero-order chi connectivity index (χ0) is 14.1. The summed E-state index contributed by atoms with van der Waals surface area (Å²) >= 11 is 0.